The summed E-state index contributed by atoms with van der Waals surface area (Å²) in [7, 11) is 0. The lowest BCUT2D eigenvalue weighted by atomic mass is 10.0. The lowest BCUT2D eigenvalue weighted by Gasteiger charge is -2.13. The van der Waals surface area contributed by atoms with E-state index < -0.39 is 11.7 Å². The molecule has 3 aromatic heterocycles. The summed E-state index contributed by atoms with van der Waals surface area (Å²) < 4.78 is 38.9. The topological polar surface area (TPSA) is 76.7 Å². The lowest BCUT2D eigenvalue weighted by molar-refractivity contribution is -0.137. The average Bonchev–Trinajstić information content (AvgIpc) is 3.34. The molecule has 1 aromatic carbocycles. The minimum atomic E-state index is -4.34. The van der Waals surface area contributed by atoms with E-state index in [1.165, 1.54) is 34.8 Å². The van der Waals surface area contributed by atoms with Gasteiger partial charge in [-0.2, -0.15) is 13.2 Å². The normalized spacial score (nSPS) is 13.0. The number of fused-ring (bicyclic) bond motifs is 1. The lowest BCUT2D eigenvalue weighted by Crippen LogP contribution is -2.31. The molecule has 0 aliphatic rings. The summed E-state index contributed by atoms with van der Waals surface area (Å²) in [6.07, 6.45) is -0.534. The number of rotatable bonds is 6. The first kappa shape index (κ1) is 21.0. The Morgan fingerprint density at radius 1 is 1.10 bits per heavy atom. The third-order valence-electron chi connectivity index (χ3n) is 4.33. The second-order valence-electron chi connectivity index (χ2n) is 6.60. The largest absolute Gasteiger partial charge is 0.416 e. The van der Waals surface area contributed by atoms with Gasteiger partial charge in [-0.05, 0) is 30.2 Å². The molecule has 0 aliphatic carbocycles. The molecule has 11 heteroatoms. The third-order valence-corrected chi connectivity index (χ3v) is 6.75. The molecule has 0 bridgehead atoms. The second-order valence-corrected chi connectivity index (χ2v) is 9.06. The zero-order chi connectivity index (χ0) is 21.3. The number of nitrogens with one attached hydrogen (secondary N) is 1. The summed E-state index contributed by atoms with van der Waals surface area (Å²) in [5.41, 5.74) is 6.19. The van der Waals surface area contributed by atoms with Gasteiger partial charge in [0.05, 0.1) is 20.2 Å². The Morgan fingerprint density at radius 2 is 1.87 bits per heavy atom. The number of benzene rings is 1. The molecule has 4 rings (SSSR count). The Bertz CT molecular complexity index is 1160. The molecule has 0 saturated heterocycles. The number of nitrogens with two attached hydrogens (primary N) is 1. The van der Waals surface area contributed by atoms with Crippen molar-refractivity contribution in [3.8, 4) is 9.88 Å². The van der Waals surface area contributed by atoms with Gasteiger partial charge in [0.15, 0.2) is 5.01 Å². The molecule has 0 amide bonds. The average molecular weight is 470 g/mol. The van der Waals surface area contributed by atoms with Gasteiger partial charge in [0.2, 0.25) is 5.13 Å². The van der Waals surface area contributed by atoms with E-state index in [2.05, 4.69) is 20.5 Å². The Hall–Kier alpha value is -2.27. The van der Waals surface area contributed by atoms with Crippen LogP contribution in [0.1, 0.15) is 11.1 Å². The van der Waals surface area contributed by atoms with Gasteiger partial charge in [0.25, 0.3) is 0 Å². The molecular weight excluding hydrogens is 455 g/mol. The van der Waals surface area contributed by atoms with Crippen LogP contribution in [0.25, 0.3) is 20.0 Å². The van der Waals surface area contributed by atoms with E-state index in [1.54, 1.807) is 12.4 Å². The molecule has 3 N–H and O–H groups in total. The van der Waals surface area contributed by atoms with Crippen LogP contribution in [0.2, 0.25) is 5.02 Å². The van der Waals surface area contributed by atoms with Crippen molar-refractivity contribution in [1.29, 1.82) is 0 Å². The summed E-state index contributed by atoms with van der Waals surface area (Å²) in [4.78, 5) is 5.03. The van der Waals surface area contributed by atoms with Crippen molar-refractivity contribution >= 4 is 49.5 Å². The summed E-state index contributed by atoms with van der Waals surface area (Å²) in [5.74, 6) is 0. The highest BCUT2D eigenvalue weighted by molar-refractivity contribution is 7.26. The highest BCUT2D eigenvalue weighted by Crippen LogP contribution is 2.38. The van der Waals surface area contributed by atoms with Crippen LogP contribution in [0, 0.1) is 0 Å². The number of thiophene rings is 1. The molecule has 3 heterocycles. The van der Waals surface area contributed by atoms with E-state index in [1.807, 2.05) is 6.07 Å². The zero-order valence-electron chi connectivity index (χ0n) is 15.3. The standard InChI is InChI=1S/C19H15ClF3N5S2/c20-14-8-25-9-16-13(14)6-15(29-16)17-27-28-18(30-17)26-7-12(24)5-10-1-3-11(4-2-10)19(21,22)23/h1-4,6,8-9,12H,5,7,24H2,(H,26,28). The van der Waals surface area contributed by atoms with Gasteiger partial charge in [-0.1, -0.05) is 35.1 Å². The number of aromatic nitrogens is 3. The minimum absolute atomic E-state index is 0.289. The van der Waals surface area contributed by atoms with Crippen LogP contribution in [0.4, 0.5) is 18.3 Å². The van der Waals surface area contributed by atoms with E-state index in [9.17, 15) is 13.2 Å². The molecule has 1 atom stereocenters. The van der Waals surface area contributed by atoms with E-state index in [0.29, 0.717) is 23.1 Å². The monoisotopic (exact) mass is 469 g/mol. The molecule has 0 spiro atoms. The van der Waals surface area contributed by atoms with Crippen LogP contribution in [-0.2, 0) is 12.6 Å². The van der Waals surface area contributed by atoms with Gasteiger partial charge in [-0.25, -0.2) is 0 Å². The van der Waals surface area contributed by atoms with Gasteiger partial charge in [0.1, 0.15) is 0 Å². The first-order valence-corrected chi connectivity index (χ1v) is 10.8. The number of hydrogen-bond donors (Lipinski definition) is 2. The van der Waals surface area contributed by atoms with Crippen molar-refractivity contribution < 1.29 is 13.2 Å². The van der Waals surface area contributed by atoms with Crippen molar-refractivity contribution in [2.75, 3.05) is 11.9 Å². The quantitative estimate of drug-likeness (QED) is 0.391. The van der Waals surface area contributed by atoms with Gasteiger partial charge < -0.3 is 11.1 Å². The fourth-order valence-corrected chi connectivity index (χ4v) is 4.96. The first-order valence-electron chi connectivity index (χ1n) is 8.82. The summed E-state index contributed by atoms with van der Waals surface area (Å²) >= 11 is 9.10. The van der Waals surface area contributed by atoms with Crippen molar-refractivity contribution in [3.05, 3.63) is 58.9 Å². The number of alkyl halides is 3. The van der Waals surface area contributed by atoms with Crippen LogP contribution in [0.15, 0.2) is 42.7 Å². The minimum Gasteiger partial charge on any atom is -0.359 e. The van der Waals surface area contributed by atoms with Crippen molar-refractivity contribution in [1.82, 2.24) is 15.2 Å². The Labute approximate surface area is 182 Å². The van der Waals surface area contributed by atoms with Gasteiger partial charge in [0, 0.05) is 30.4 Å². The summed E-state index contributed by atoms with van der Waals surface area (Å²) in [5, 5.41) is 14.4. The molecule has 0 radical (unpaired) electrons. The SMILES string of the molecule is NC(CNc1nnc(-c2cc3c(Cl)cncc3s2)s1)Cc1ccc(C(F)(F)F)cc1. The number of halogens is 4. The van der Waals surface area contributed by atoms with E-state index in [-0.39, 0.29) is 6.04 Å². The molecule has 30 heavy (non-hydrogen) atoms. The van der Waals surface area contributed by atoms with Crippen molar-refractivity contribution in [3.63, 3.8) is 0 Å². The molecule has 156 valence electrons. The van der Waals surface area contributed by atoms with E-state index in [4.69, 9.17) is 17.3 Å². The predicted octanol–water partition coefficient (Wildman–Crippen LogP) is 5.47. The molecule has 1 unspecified atom stereocenters. The summed E-state index contributed by atoms with van der Waals surface area (Å²) in [6.45, 7) is 0.415. The number of anilines is 1. The maximum Gasteiger partial charge on any atom is 0.416 e. The van der Waals surface area contributed by atoms with E-state index >= 15 is 0 Å². The highest BCUT2D eigenvalue weighted by atomic mass is 35.5. The Balaban J connectivity index is 1.36. The van der Waals surface area contributed by atoms with Crippen LogP contribution < -0.4 is 11.1 Å². The maximum absolute atomic E-state index is 12.6. The highest BCUT2D eigenvalue weighted by Gasteiger charge is 2.29. The maximum atomic E-state index is 12.6. The van der Waals surface area contributed by atoms with Gasteiger partial charge in [-0.3, -0.25) is 4.98 Å². The summed E-state index contributed by atoms with van der Waals surface area (Å²) in [6, 6.07) is 6.71. The molecule has 5 nitrogen and oxygen atoms in total. The van der Waals surface area contributed by atoms with Crippen molar-refractivity contribution in [2.24, 2.45) is 5.73 Å². The number of pyridine rings is 1. The molecule has 4 aromatic rings. The molecule has 0 fully saturated rings. The van der Waals surface area contributed by atoms with Crippen molar-refractivity contribution in [2.45, 2.75) is 18.6 Å². The smallest absolute Gasteiger partial charge is 0.359 e. The van der Waals surface area contributed by atoms with Crippen LogP contribution in [0.5, 0.6) is 0 Å². The molecule has 0 saturated carbocycles. The van der Waals surface area contributed by atoms with E-state index in [0.717, 1.165) is 37.7 Å². The van der Waals surface area contributed by atoms with Gasteiger partial charge in [-0.15, -0.1) is 21.5 Å². The Morgan fingerprint density at radius 3 is 2.57 bits per heavy atom. The number of hydrogen-bond acceptors (Lipinski definition) is 7. The second kappa shape index (κ2) is 8.46. The number of nitrogens with zero attached hydrogens (tertiary/aromatic N) is 3. The zero-order valence-corrected chi connectivity index (χ0v) is 17.7. The van der Waals surface area contributed by atoms with Crippen LogP contribution in [0.3, 0.4) is 0 Å². The fraction of sp³-hybridized carbons (Fsp3) is 0.211. The molecule has 0 aliphatic heterocycles. The predicted molar refractivity (Wildman–Crippen MR) is 115 cm³/mol. The fourth-order valence-electron chi connectivity index (χ4n) is 2.85. The Kier molecular flexibility index (Phi) is 5.92. The van der Waals surface area contributed by atoms with Crippen LogP contribution in [-0.4, -0.2) is 27.8 Å². The van der Waals surface area contributed by atoms with Crippen LogP contribution >= 0.6 is 34.3 Å². The van der Waals surface area contributed by atoms with Gasteiger partial charge >= 0.3 is 6.18 Å². The third kappa shape index (κ3) is 4.72. The first-order chi connectivity index (χ1) is 14.3. The molecular formula is C19H15ClF3N5S2.